The van der Waals surface area contributed by atoms with E-state index in [0.29, 0.717) is 6.61 Å². The molecule has 18 heavy (non-hydrogen) atoms. The van der Waals surface area contributed by atoms with Crippen LogP contribution in [0.1, 0.15) is 17.5 Å². The normalized spacial score (nSPS) is 29.5. The first-order valence-corrected chi connectivity index (χ1v) is 8.04. The molecule has 0 saturated carbocycles. The van der Waals surface area contributed by atoms with Gasteiger partial charge >= 0.3 is 6.69 Å². The van der Waals surface area contributed by atoms with Crippen molar-refractivity contribution < 1.29 is 13.7 Å². The molecule has 98 valence electrons. The largest absolute Gasteiger partial charge is 0.509 e. The van der Waals surface area contributed by atoms with Crippen LogP contribution in [-0.2, 0) is 20.3 Å². The Balaban J connectivity index is 2.11. The van der Waals surface area contributed by atoms with Gasteiger partial charge in [0.25, 0.3) is 0 Å². The van der Waals surface area contributed by atoms with Crippen LogP contribution in [0, 0.1) is 0 Å². The average Bonchev–Trinajstić information content (AvgIpc) is 2.73. The van der Waals surface area contributed by atoms with Gasteiger partial charge in [-0.1, -0.05) is 46.3 Å². The highest BCUT2D eigenvalue weighted by Gasteiger charge is 2.53. The summed E-state index contributed by atoms with van der Waals surface area (Å²) in [5.41, 5.74) is 3.96. The first-order chi connectivity index (χ1) is 8.59. The fraction of sp³-hybridized carbons (Fsp3) is 0.538. The van der Waals surface area contributed by atoms with Crippen LogP contribution in [0.4, 0.5) is 0 Å². The number of hydrogen-bond acceptors (Lipinski definition) is 2. The van der Waals surface area contributed by atoms with Gasteiger partial charge in [-0.25, -0.2) is 0 Å². The summed E-state index contributed by atoms with van der Waals surface area (Å²) in [6, 6.07) is 6.70. The summed E-state index contributed by atoms with van der Waals surface area (Å²) >= 11 is 2.41. The van der Waals surface area contributed by atoms with Crippen molar-refractivity contribution in [2.45, 2.75) is 17.5 Å². The van der Waals surface area contributed by atoms with E-state index in [-0.39, 0.29) is 0 Å². The smallest absolute Gasteiger partial charge is 0.502 e. The summed E-state index contributed by atoms with van der Waals surface area (Å²) in [7, 11) is 4.45. The van der Waals surface area contributed by atoms with E-state index in [4.69, 9.17) is 9.31 Å². The number of quaternary nitrogens is 1. The summed E-state index contributed by atoms with van der Waals surface area (Å²) < 4.78 is 14.2. The molecule has 1 aromatic rings. The molecule has 0 aromatic heterocycles. The van der Waals surface area contributed by atoms with Crippen LogP contribution in [-0.4, -0.2) is 38.3 Å². The van der Waals surface area contributed by atoms with E-state index >= 15 is 0 Å². The Morgan fingerprint density at radius 3 is 2.89 bits per heavy atom. The molecule has 1 spiro atoms. The van der Waals surface area contributed by atoms with E-state index < -0.39 is 6.69 Å². The van der Waals surface area contributed by atoms with Crippen LogP contribution >= 0.6 is 22.6 Å². The van der Waals surface area contributed by atoms with Crippen molar-refractivity contribution in [2.75, 3.05) is 27.2 Å². The molecule has 5 heteroatoms. The fourth-order valence-electron chi connectivity index (χ4n) is 3.29. The van der Waals surface area contributed by atoms with Crippen LogP contribution in [0.2, 0.25) is 0 Å². The monoisotopic (exact) mass is 359 g/mol. The molecule has 2 heterocycles. The highest BCUT2D eigenvalue weighted by Crippen LogP contribution is 2.31. The molecular weight excluding hydrogens is 340 g/mol. The number of fused-ring (bicyclic) bond motifs is 2. The Morgan fingerprint density at radius 2 is 2.17 bits per heavy atom. The summed E-state index contributed by atoms with van der Waals surface area (Å²) in [4.78, 5) is 0. The molecule has 0 N–H and O–H groups in total. The van der Waals surface area contributed by atoms with Gasteiger partial charge in [0, 0.05) is 44.7 Å². The van der Waals surface area contributed by atoms with E-state index in [1.54, 1.807) is 0 Å². The summed E-state index contributed by atoms with van der Waals surface area (Å²) in [5, 5.41) is 0. The van der Waals surface area contributed by atoms with E-state index in [9.17, 15) is 0 Å². The summed E-state index contributed by atoms with van der Waals surface area (Å²) in [5.74, 6) is 0. The molecule has 0 aliphatic carbocycles. The Hall–Kier alpha value is -0.105. The molecule has 1 atom stereocenters. The number of alkyl halides is 1. The van der Waals surface area contributed by atoms with Crippen molar-refractivity contribution in [3.8, 4) is 0 Å². The van der Waals surface area contributed by atoms with Gasteiger partial charge in [-0.15, -0.1) is 0 Å². The molecule has 3 nitrogen and oxygen atoms in total. The Labute approximate surface area is 122 Å². The van der Waals surface area contributed by atoms with Crippen molar-refractivity contribution in [3.63, 3.8) is 0 Å². The molecule has 1 aromatic carbocycles. The summed E-state index contributed by atoms with van der Waals surface area (Å²) in [6.07, 6.45) is 1.11. The molecule has 0 amide bonds. The number of benzene rings is 1. The number of hydrogen-bond donors (Lipinski definition) is 0. The maximum atomic E-state index is 6.18. The van der Waals surface area contributed by atoms with E-state index in [1.165, 1.54) is 16.6 Å². The van der Waals surface area contributed by atoms with Gasteiger partial charge < -0.3 is 13.7 Å². The molecule has 0 bridgehead atoms. The van der Waals surface area contributed by atoms with Gasteiger partial charge in [-0.05, 0) is 11.1 Å². The maximum absolute atomic E-state index is 6.18. The Kier molecular flexibility index (Phi) is 3.21. The molecule has 3 rings (SSSR count). The topological polar surface area (TPSA) is 18.5 Å². The van der Waals surface area contributed by atoms with Crippen LogP contribution in [0.5, 0.6) is 0 Å². The zero-order valence-corrected chi connectivity index (χ0v) is 13.1. The van der Waals surface area contributed by atoms with Gasteiger partial charge in [-0.3, -0.25) is 0 Å². The fourth-order valence-corrected chi connectivity index (χ4v) is 3.77. The van der Waals surface area contributed by atoms with Crippen LogP contribution in [0.25, 0.3) is 0 Å². The van der Waals surface area contributed by atoms with E-state index in [2.05, 4.69) is 54.9 Å². The lowest BCUT2D eigenvalue weighted by atomic mass is 9.58. The van der Waals surface area contributed by atoms with Gasteiger partial charge in [0.15, 0.2) is 0 Å². The Morgan fingerprint density at radius 1 is 1.33 bits per heavy atom. The second-order valence-electron chi connectivity index (χ2n) is 5.88. The van der Waals surface area contributed by atoms with Gasteiger partial charge in [0.2, 0.25) is 0 Å². The van der Waals surface area contributed by atoms with Gasteiger partial charge in [0.05, 0.1) is 0 Å². The van der Waals surface area contributed by atoms with Gasteiger partial charge in [0.1, 0.15) is 0 Å². The molecule has 1 saturated heterocycles. The molecule has 1 unspecified atom stereocenters. The lowest BCUT2D eigenvalue weighted by molar-refractivity contribution is -0.812. The van der Waals surface area contributed by atoms with E-state index in [0.717, 1.165) is 28.4 Å². The third kappa shape index (κ3) is 1.75. The molecule has 0 radical (unpaired) electrons. The van der Waals surface area contributed by atoms with Crippen LogP contribution < -0.4 is 5.46 Å². The van der Waals surface area contributed by atoms with Crippen molar-refractivity contribution >= 4 is 34.7 Å². The quantitative estimate of drug-likeness (QED) is 0.433. The van der Waals surface area contributed by atoms with Crippen LogP contribution in [0.15, 0.2) is 18.2 Å². The second kappa shape index (κ2) is 4.47. The average molecular weight is 359 g/mol. The van der Waals surface area contributed by atoms with Crippen molar-refractivity contribution in [2.24, 2.45) is 0 Å². The minimum Gasteiger partial charge on any atom is -0.509 e. The Bertz CT molecular complexity index is 476. The highest BCUT2D eigenvalue weighted by molar-refractivity contribution is 14.1. The molecule has 1 fully saturated rings. The molecule has 2 aliphatic rings. The van der Waals surface area contributed by atoms with Gasteiger partial charge in [-0.2, -0.15) is 0 Å². The number of nitrogens with zero attached hydrogens (tertiary/aromatic N) is 1. The standard InChI is InChI=1S/C13H19BINO2/c1-16(2)6-3-7-17-14(16)13-8-11(9-15)4-5-12(13)10-18-14/h4-5,8H,3,6-7,9-10H2,1-2H3. The zero-order chi connectivity index (χ0) is 12.8. The van der Waals surface area contributed by atoms with Crippen molar-refractivity contribution in [1.29, 1.82) is 0 Å². The first kappa shape index (κ1) is 12.9. The third-order valence-corrected chi connectivity index (χ3v) is 5.25. The maximum Gasteiger partial charge on any atom is 0.502 e. The van der Waals surface area contributed by atoms with E-state index in [1.807, 2.05) is 0 Å². The first-order valence-electron chi connectivity index (χ1n) is 6.52. The van der Waals surface area contributed by atoms with Crippen molar-refractivity contribution in [1.82, 2.24) is 0 Å². The third-order valence-electron chi connectivity index (χ3n) is 4.37. The van der Waals surface area contributed by atoms with Crippen LogP contribution in [0.3, 0.4) is 0 Å². The predicted octanol–water partition coefficient (Wildman–Crippen LogP) is 1.79. The highest BCUT2D eigenvalue weighted by atomic mass is 127. The number of rotatable bonds is 1. The predicted molar refractivity (Wildman–Crippen MR) is 81.9 cm³/mol. The summed E-state index contributed by atoms with van der Waals surface area (Å²) in [6.45, 7) is 1.28. The minimum absolute atomic E-state index is 0.693. The molecule has 2 aliphatic heterocycles. The lowest BCUT2D eigenvalue weighted by Gasteiger charge is -2.55. The lowest BCUT2D eigenvalue weighted by Crippen LogP contribution is -2.74. The molecular formula is C13H19BINO2. The second-order valence-corrected chi connectivity index (χ2v) is 6.64. The minimum atomic E-state index is -1.34. The number of halogens is 1. The zero-order valence-electron chi connectivity index (χ0n) is 11.0. The SMILES string of the molecule is C[N+]1(C)CCCO[B-]12OCc1ccc(CI)cc12. The van der Waals surface area contributed by atoms with Crippen molar-refractivity contribution in [3.05, 3.63) is 29.3 Å².